The molecule has 0 aromatic carbocycles. The monoisotopic (exact) mass is 223 g/mol. The molecule has 0 bridgehead atoms. The number of likely N-dealkylation sites (N-methyl/N-ethyl adjacent to an activating group) is 1. The quantitative estimate of drug-likeness (QED) is 0.727. The molecule has 0 saturated carbocycles. The van der Waals surface area contributed by atoms with E-state index in [1.165, 1.54) is 12.7 Å². The van der Waals surface area contributed by atoms with Gasteiger partial charge in [0, 0.05) is 19.2 Å². The van der Waals surface area contributed by atoms with Gasteiger partial charge in [-0.1, -0.05) is 13.8 Å². The molecule has 0 unspecified atom stereocenters. The Hall–Kier alpha value is -1.36. The van der Waals surface area contributed by atoms with E-state index in [-0.39, 0.29) is 0 Å². The van der Waals surface area contributed by atoms with E-state index in [4.69, 9.17) is 5.73 Å². The van der Waals surface area contributed by atoms with Crippen molar-refractivity contribution in [3.63, 3.8) is 0 Å². The van der Waals surface area contributed by atoms with Crippen LogP contribution in [0.25, 0.3) is 0 Å². The second-order valence-electron chi connectivity index (χ2n) is 3.69. The van der Waals surface area contributed by atoms with Gasteiger partial charge < -0.3 is 16.0 Å². The van der Waals surface area contributed by atoms with Gasteiger partial charge in [0.25, 0.3) is 0 Å². The summed E-state index contributed by atoms with van der Waals surface area (Å²) in [6.45, 7) is 8.50. The third-order valence-corrected chi connectivity index (χ3v) is 2.41. The van der Waals surface area contributed by atoms with Gasteiger partial charge in [-0.05, 0) is 19.5 Å². The number of hydrogen-bond donors (Lipinski definition) is 2. The van der Waals surface area contributed by atoms with Crippen LogP contribution >= 0.6 is 0 Å². The lowest BCUT2D eigenvalue weighted by molar-refractivity contribution is 0.300. The molecule has 0 aliphatic carbocycles. The lowest BCUT2D eigenvalue weighted by Crippen LogP contribution is -2.29. The number of nitrogens with one attached hydrogen (secondary N) is 1. The zero-order chi connectivity index (χ0) is 11.8. The molecule has 0 aliphatic heterocycles. The van der Waals surface area contributed by atoms with Crippen molar-refractivity contribution in [3.05, 3.63) is 12.4 Å². The van der Waals surface area contributed by atoms with Crippen molar-refractivity contribution < 1.29 is 0 Å². The Kier molecular flexibility index (Phi) is 5.56. The average molecular weight is 223 g/mol. The van der Waals surface area contributed by atoms with E-state index in [1.807, 2.05) is 0 Å². The Morgan fingerprint density at radius 3 is 2.75 bits per heavy atom. The van der Waals surface area contributed by atoms with Gasteiger partial charge in [0.15, 0.2) is 0 Å². The number of hydrogen-bond acceptors (Lipinski definition) is 5. The molecule has 5 heteroatoms. The topological polar surface area (TPSA) is 67.1 Å². The minimum atomic E-state index is 0.499. The van der Waals surface area contributed by atoms with Crippen LogP contribution in [0.15, 0.2) is 12.4 Å². The highest BCUT2D eigenvalue weighted by Gasteiger charge is 2.00. The molecule has 5 nitrogen and oxygen atoms in total. The first-order valence-electron chi connectivity index (χ1n) is 5.80. The fourth-order valence-electron chi connectivity index (χ4n) is 1.56. The SMILES string of the molecule is CCCN(CC)CCNc1cc(N)ncn1. The van der Waals surface area contributed by atoms with Gasteiger partial charge in [-0.25, -0.2) is 9.97 Å². The molecule has 1 heterocycles. The van der Waals surface area contributed by atoms with Gasteiger partial charge in [-0.15, -0.1) is 0 Å². The number of anilines is 2. The van der Waals surface area contributed by atoms with Gasteiger partial charge in [0.2, 0.25) is 0 Å². The van der Waals surface area contributed by atoms with E-state index in [9.17, 15) is 0 Å². The third-order valence-electron chi connectivity index (χ3n) is 2.41. The van der Waals surface area contributed by atoms with Crippen LogP contribution in [0.4, 0.5) is 11.6 Å². The number of aromatic nitrogens is 2. The van der Waals surface area contributed by atoms with Crippen molar-refractivity contribution in [2.45, 2.75) is 20.3 Å². The molecule has 90 valence electrons. The average Bonchev–Trinajstić information content (AvgIpc) is 2.28. The zero-order valence-corrected chi connectivity index (χ0v) is 10.1. The second kappa shape index (κ2) is 7.00. The maximum Gasteiger partial charge on any atom is 0.131 e. The van der Waals surface area contributed by atoms with Crippen LogP contribution in [-0.2, 0) is 0 Å². The molecule has 3 N–H and O–H groups in total. The van der Waals surface area contributed by atoms with Gasteiger partial charge >= 0.3 is 0 Å². The van der Waals surface area contributed by atoms with Crippen LogP contribution in [-0.4, -0.2) is 41.0 Å². The first kappa shape index (κ1) is 12.7. The van der Waals surface area contributed by atoms with Gasteiger partial charge in [-0.2, -0.15) is 0 Å². The highest BCUT2D eigenvalue weighted by atomic mass is 15.1. The van der Waals surface area contributed by atoms with Gasteiger partial charge in [-0.3, -0.25) is 0 Å². The van der Waals surface area contributed by atoms with E-state index in [0.29, 0.717) is 5.82 Å². The van der Waals surface area contributed by atoms with Crippen LogP contribution in [0.2, 0.25) is 0 Å². The molecule has 1 aromatic heterocycles. The Bertz CT molecular complexity index is 302. The molecule has 1 aromatic rings. The molecule has 0 spiro atoms. The second-order valence-corrected chi connectivity index (χ2v) is 3.69. The summed E-state index contributed by atoms with van der Waals surface area (Å²) in [6.07, 6.45) is 2.66. The fourth-order valence-corrected chi connectivity index (χ4v) is 1.56. The highest BCUT2D eigenvalue weighted by molar-refractivity contribution is 5.43. The molecular formula is C11H21N5. The number of nitrogens with zero attached hydrogens (tertiary/aromatic N) is 3. The normalized spacial score (nSPS) is 10.7. The Labute approximate surface area is 97.1 Å². The predicted octanol–water partition coefficient (Wildman–Crippen LogP) is 1.20. The molecule has 1 rings (SSSR count). The lowest BCUT2D eigenvalue weighted by Gasteiger charge is -2.19. The van der Waals surface area contributed by atoms with Crippen molar-refractivity contribution in [3.8, 4) is 0 Å². The van der Waals surface area contributed by atoms with Crippen molar-refractivity contribution in [2.24, 2.45) is 0 Å². The number of nitrogen functional groups attached to an aromatic ring is 1. The summed E-state index contributed by atoms with van der Waals surface area (Å²) in [6, 6.07) is 1.75. The summed E-state index contributed by atoms with van der Waals surface area (Å²) in [5, 5.41) is 3.24. The summed E-state index contributed by atoms with van der Waals surface area (Å²) < 4.78 is 0. The van der Waals surface area contributed by atoms with Crippen LogP contribution in [0.5, 0.6) is 0 Å². The number of rotatable bonds is 7. The third kappa shape index (κ3) is 4.44. The minimum Gasteiger partial charge on any atom is -0.384 e. The van der Waals surface area contributed by atoms with E-state index < -0.39 is 0 Å². The molecule has 0 saturated heterocycles. The van der Waals surface area contributed by atoms with Crippen LogP contribution in [0.1, 0.15) is 20.3 Å². The molecule has 0 aliphatic rings. The molecular weight excluding hydrogens is 202 g/mol. The molecule has 16 heavy (non-hydrogen) atoms. The van der Waals surface area contributed by atoms with Crippen LogP contribution in [0, 0.1) is 0 Å². The molecule has 0 amide bonds. The maximum absolute atomic E-state index is 5.56. The van der Waals surface area contributed by atoms with E-state index >= 15 is 0 Å². The van der Waals surface area contributed by atoms with E-state index in [2.05, 4.69) is 34.0 Å². The smallest absolute Gasteiger partial charge is 0.131 e. The lowest BCUT2D eigenvalue weighted by atomic mass is 10.4. The summed E-state index contributed by atoms with van der Waals surface area (Å²) in [5.74, 6) is 1.29. The molecule has 0 fully saturated rings. The van der Waals surface area contributed by atoms with E-state index in [0.717, 1.165) is 32.0 Å². The van der Waals surface area contributed by atoms with Crippen molar-refractivity contribution in [2.75, 3.05) is 37.2 Å². The zero-order valence-electron chi connectivity index (χ0n) is 10.1. The number of nitrogens with two attached hydrogens (primary N) is 1. The standard InChI is InChI=1S/C11H21N5/c1-3-6-16(4-2)7-5-13-11-8-10(12)14-9-15-11/h8-9H,3-7H2,1-2H3,(H3,12,13,14,15). The summed E-state index contributed by atoms with van der Waals surface area (Å²) >= 11 is 0. The Morgan fingerprint density at radius 1 is 1.31 bits per heavy atom. The fraction of sp³-hybridized carbons (Fsp3) is 0.636. The van der Waals surface area contributed by atoms with E-state index in [1.54, 1.807) is 6.07 Å². The minimum absolute atomic E-state index is 0.499. The maximum atomic E-state index is 5.56. The van der Waals surface area contributed by atoms with Crippen molar-refractivity contribution in [1.82, 2.24) is 14.9 Å². The van der Waals surface area contributed by atoms with Gasteiger partial charge in [0.05, 0.1) is 0 Å². The molecule has 0 radical (unpaired) electrons. The van der Waals surface area contributed by atoms with Crippen LogP contribution in [0.3, 0.4) is 0 Å². The Morgan fingerprint density at radius 2 is 2.12 bits per heavy atom. The Balaban J connectivity index is 2.29. The largest absolute Gasteiger partial charge is 0.384 e. The first-order valence-corrected chi connectivity index (χ1v) is 5.80. The summed E-state index contributed by atoms with van der Waals surface area (Å²) in [5.41, 5.74) is 5.56. The van der Waals surface area contributed by atoms with Crippen LogP contribution < -0.4 is 11.1 Å². The van der Waals surface area contributed by atoms with Crippen molar-refractivity contribution in [1.29, 1.82) is 0 Å². The highest BCUT2D eigenvalue weighted by Crippen LogP contribution is 2.03. The summed E-state index contributed by atoms with van der Waals surface area (Å²) in [7, 11) is 0. The van der Waals surface area contributed by atoms with Gasteiger partial charge in [0.1, 0.15) is 18.0 Å². The predicted molar refractivity (Wildman–Crippen MR) is 67.3 cm³/mol. The molecule has 0 atom stereocenters. The first-order chi connectivity index (χ1) is 7.76. The summed E-state index contributed by atoms with van der Waals surface area (Å²) in [4.78, 5) is 10.3. The van der Waals surface area contributed by atoms with Crippen molar-refractivity contribution >= 4 is 11.6 Å².